The van der Waals surface area contributed by atoms with Crippen LogP contribution in [0.15, 0.2) is 18.2 Å². The van der Waals surface area contributed by atoms with Crippen molar-refractivity contribution >= 4 is 21.8 Å². The van der Waals surface area contributed by atoms with Gasteiger partial charge in [-0.3, -0.25) is 4.79 Å². The minimum absolute atomic E-state index is 0.0505. The fourth-order valence-electron chi connectivity index (χ4n) is 2.60. The van der Waals surface area contributed by atoms with Crippen LogP contribution >= 0.6 is 15.9 Å². The lowest BCUT2D eigenvalue weighted by Gasteiger charge is -2.32. The highest BCUT2D eigenvalue weighted by atomic mass is 79.9. The number of nitrogens with zero attached hydrogens (tertiary/aromatic N) is 1. The molecule has 0 radical (unpaired) electrons. The van der Waals surface area contributed by atoms with E-state index in [0.29, 0.717) is 11.3 Å². The van der Waals surface area contributed by atoms with Gasteiger partial charge in [-0.2, -0.15) is 0 Å². The molecule has 1 aliphatic heterocycles. The smallest absolute Gasteiger partial charge is 0.257 e. The molecular weight excluding hydrogens is 334 g/mol. The van der Waals surface area contributed by atoms with Crippen LogP contribution in [0.1, 0.15) is 28.8 Å². The van der Waals surface area contributed by atoms with Crippen molar-refractivity contribution in [2.75, 3.05) is 32.1 Å². The first kappa shape index (κ1) is 16.3. The zero-order chi connectivity index (χ0) is 15.2. The molecule has 1 aromatic rings. The lowest BCUT2D eigenvalue weighted by molar-refractivity contribution is 0.0159. The first-order valence-corrected chi connectivity index (χ1v) is 8.39. The van der Waals surface area contributed by atoms with E-state index in [1.165, 1.54) is 0 Å². The molecule has 2 rings (SSSR count). The van der Waals surface area contributed by atoms with E-state index in [9.17, 15) is 4.79 Å². The summed E-state index contributed by atoms with van der Waals surface area (Å²) in [7, 11) is 1.60. The summed E-state index contributed by atoms with van der Waals surface area (Å²) >= 11 is 3.36. The summed E-state index contributed by atoms with van der Waals surface area (Å²) in [6.45, 7) is 4.19. The van der Waals surface area contributed by atoms with Gasteiger partial charge in [-0.25, -0.2) is 0 Å². The number of carbonyl (C=O) groups excluding carboxylic acids is 1. The molecule has 0 bridgehead atoms. The SMILES string of the molecule is COc1ccc(C)cc1C(=O)N1CCC(OCCBr)CC1. The Kier molecular flexibility index (Phi) is 6.06. The largest absolute Gasteiger partial charge is 0.496 e. The van der Waals surface area contributed by atoms with Crippen LogP contribution in [0.25, 0.3) is 0 Å². The maximum absolute atomic E-state index is 12.6. The quantitative estimate of drug-likeness (QED) is 0.762. The summed E-state index contributed by atoms with van der Waals surface area (Å²) in [6.07, 6.45) is 2.06. The second kappa shape index (κ2) is 7.80. The molecule has 116 valence electrons. The first-order valence-electron chi connectivity index (χ1n) is 7.27. The minimum atomic E-state index is 0.0505. The number of methoxy groups -OCH3 is 1. The molecule has 1 heterocycles. The van der Waals surface area contributed by atoms with Gasteiger partial charge in [-0.05, 0) is 31.9 Å². The zero-order valence-electron chi connectivity index (χ0n) is 12.6. The van der Waals surface area contributed by atoms with Crippen LogP contribution in [-0.2, 0) is 4.74 Å². The number of aryl methyl sites for hydroxylation is 1. The number of amides is 1. The molecule has 0 atom stereocenters. The maximum atomic E-state index is 12.6. The van der Waals surface area contributed by atoms with E-state index in [0.717, 1.165) is 43.4 Å². The van der Waals surface area contributed by atoms with Crippen molar-refractivity contribution in [2.24, 2.45) is 0 Å². The summed E-state index contributed by atoms with van der Waals surface area (Å²) in [5.74, 6) is 0.692. The van der Waals surface area contributed by atoms with Crippen LogP contribution in [0.3, 0.4) is 0 Å². The molecule has 1 aliphatic rings. The van der Waals surface area contributed by atoms with E-state index < -0.39 is 0 Å². The predicted octanol–water partition coefficient (Wildman–Crippen LogP) is 3.02. The second-order valence-electron chi connectivity index (χ2n) is 5.26. The maximum Gasteiger partial charge on any atom is 0.257 e. The van der Waals surface area contributed by atoms with Crippen molar-refractivity contribution in [3.05, 3.63) is 29.3 Å². The van der Waals surface area contributed by atoms with Gasteiger partial charge in [-0.15, -0.1) is 0 Å². The highest BCUT2D eigenvalue weighted by molar-refractivity contribution is 9.09. The highest BCUT2D eigenvalue weighted by Crippen LogP contribution is 2.23. The van der Waals surface area contributed by atoms with Crippen molar-refractivity contribution in [1.29, 1.82) is 0 Å². The standard InChI is InChI=1S/C16H22BrNO3/c1-12-3-4-15(20-2)14(11-12)16(19)18-8-5-13(6-9-18)21-10-7-17/h3-4,11,13H,5-10H2,1-2H3. The molecule has 0 unspecified atom stereocenters. The third-order valence-corrected chi connectivity index (χ3v) is 4.07. The Morgan fingerprint density at radius 3 is 2.71 bits per heavy atom. The van der Waals surface area contributed by atoms with Gasteiger partial charge in [0.25, 0.3) is 5.91 Å². The predicted molar refractivity (Wildman–Crippen MR) is 86.4 cm³/mol. The number of piperidine rings is 1. The lowest BCUT2D eigenvalue weighted by Crippen LogP contribution is -2.41. The molecule has 1 amide bonds. The average Bonchev–Trinajstić information content (AvgIpc) is 2.52. The normalized spacial score (nSPS) is 16.0. The third kappa shape index (κ3) is 4.20. The highest BCUT2D eigenvalue weighted by Gasteiger charge is 2.25. The van der Waals surface area contributed by atoms with Crippen molar-refractivity contribution in [3.63, 3.8) is 0 Å². The molecule has 1 fully saturated rings. The molecule has 21 heavy (non-hydrogen) atoms. The van der Waals surface area contributed by atoms with Crippen LogP contribution < -0.4 is 4.74 Å². The topological polar surface area (TPSA) is 38.8 Å². The number of hydrogen-bond donors (Lipinski definition) is 0. The number of benzene rings is 1. The molecular formula is C16H22BrNO3. The zero-order valence-corrected chi connectivity index (χ0v) is 14.2. The number of halogens is 1. The Morgan fingerprint density at radius 1 is 1.38 bits per heavy atom. The monoisotopic (exact) mass is 355 g/mol. The van der Waals surface area contributed by atoms with Gasteiger partial charge in [0.15, 0.2) is 0 Å². The Balaban J connectivity index is 2.00. The van der Waals surface area contributed by atoms with E-state index in [2.05, 4.69) is 15.9 Å². The summed E-state index contributed by atoms with van der Waals surface area (Å²) < 4.78 is 11.0. The van der Waals surface area contributed by atoms with E-state index in [4.69, 9.17) is 9.47 Å². The summed E-state index contributed by atoms with van der Waals surface area (Å²) in [6, 6.07) is 5.71. The van der Waals surface area contributed by atoms with Crippen molar-refractivity contribution in [2.45, 2.75) is 25.9 Å². The van der Waals surface area contributed by atoms with E-state index in [1.54, 1.807) is 7.11 Å². The van der Waals surface area contributed by atoms with Crippen LogP contribution in [0.2, 0.25) is 0 Å². The summed E-state index contributed by atoms with van der Waals surface area (Å²) in [5, 5.41) is 0.854. The molecule has 4 nitrogen and oxygen atoms in total. The number of rotatable bonds is 5. The minimum Gasteiger partial charge on any atom is -0.496 e. The Bertz CT molecular complexity index is 484. The number of hydrogen-bond acceptors (Lipinski definition) is 3. The number of ether oxygens (including phenoxy) is 2. The fraction of sp³-hybridized carbons (Fsp3) is 0.562. The molecule has 5 heteroatoms. The van der Waals surface area contributed by atoms with Crippen molar-refractivity contribution < 1.29 is 14.3 Å². The van der Waals surface area contributed by atoms with E-state index >= 15 is 0 Å². The van der Waals surface area contributed by atoms with E-state index in [1.807, 2.05) is 30.0 Å². The third-order valence-electron chi connectivity index (χ3n) is 3.75. The van der Waals surface area contributed by atoms with Crippen LogP contribution in [0, 0.1) is 6.92 Å². The summed E-state index contributed by atoms with van der Waals surface area (Å²) in [4.78, 5) is 14.5. The van der Waals surface area contributed by atoms with Crippen LogP contribution in [0.5, 0.6) is 5.75 Å². The van der Waals surface area contributed by atoms with Gasteiger partial charge in [0, 0.05) is 18.4 Å². The van der Waals surface area contributed by atoms with E-state index in [-0.39, 0.29) is 12.0 Å². The summed E-state index contributed by atoms with van der Waals surface area (Å²) in [5.41, 5.74) is 1.71. The van der Waals surface area contributed by atoms with Crippen molar-refractivity contribution in [3.8, 4) is 5.75 Å². The van der Waals surface area contributed by atoms with Gasteiger partial charge in [-0.1, -0.05) is 27.6 Å². The second-order valence-corrected chi connectivity index (χ2v) is 6.05. The number of alkyl halides is 1. The van der Waals surface area contributed by atoms with Crippen molar-refractivity contribution in [1.82, 2.24) is 4.90 Å². The molecule has 0 aromatic heterocycles. The molecule has 0 aliphatic carbocycles. The Labute approximate surface area is 134 Å². The number of likely N-dealkylation sites (tertiary alicyclic amines) is 1. The van der Waals surface area contributed by atoms with Crippen LogP contribution in [0.4, 0.5) is 0 Å². The Hall–Kier alpha value is -1.07. The van der Waals surface area contributed by atoms with Gasteiger partial charge in [0.2, 0.25) is 0 Å². The molecule has 0 saturated carbocycles. The fourth-order valence-corrected chi connectivity index (χ4v) is 2.78. The van der Waals surface area contributed by atoms with Gasteiger partial charge in [0.05, 0.1) is 25.4 Å². The molecule has 0 spiro atoms. The van der Waals surface area contributed by atoms with Gasteiger partial charge < -0.3 is 14.4 Å². The average molecular weight is 356 g/mol. The van der Waals surface area contributed by atoms with Gasteiger partial charge in [0.1, 0.15) is 5.75 Å². The molecule has 1 saturated heterocycles. The van der Waals surface area contributed by atoms with Gasteiger partial charge >= 0.3 is 0 Å². The first-order chi connectivity index (χ1) is 10.2. The lowest BCUT2D eigenvalue weighted by atomic mass is 10.0. The molecule has 0 N–H and O–H groups in total. The Morgan fingerprint density at radius 2 is 2.10 bits per heavy atom. The molecule has 1 aromatic carbocycles. The van der Waals surface area contributed by atoms with Crippen LogP contribution in [-0.4, -0.2) is 49.0 Å². The number of carbonyl (C=O) groups is 1.